The fourth-order valence-corrected chi connectivity index (χ4v) is 7.15. The summed E-state index contributed by atoms with van der Waals surface area (Å²) >= 11 is 0. The Balaban J connectivity index is 0. The van der Waals surface area contributed by atoms with Crippen molar-refractivity contribution in [2.75, 3.05) is 6.61 Å². The molecule has 48 heavy (non-hydrogen) atoms. The van der Waals surface area contributed by atoms with Gasteiger partial charge in [0.2, 0.25) is 10.4 Å². The molecule has 1 atom stereocenters. The predicted molar refractivity (Wildman–Crippen MR) is 206 cm³/mol. The minimum atomic E-state index is -4.63. The summed E-state index contributed by atoms with van der Waals surface area (Å²) < 4.78 is 37.7. The summed E-state index contributed by atoms with van der Waals surface area (Å²) in [5, 5.41) is 0. The second kappa shape index (κ2) is 42.7. The summed E-state index contributed by atoms with van der Waals surface area (Å²) in [6, 6.07) is 0. The van der Waals surface area contributed by atoms with E-state index >= 15 is 0 Å². The van der Waals surface area contributed by atoms with Gasteiger partial charge < -0.3 is 4.55 Å². The van der Waals surface area contributed by atoms with Crippen LogP contribution in [0.15, 0.2) is 12.2 Å². The Morgan fingerprint density at radius 1 is 0.458 bits per heavy atom. The smallest absolute Gasteiger partial charge is 0.726 e. The van der Waals surface area contributed by atoms with Gasteiger partial charge in [-0.25, -0.2) is 8.42 Å². The van der Waals surface area contributed by atoms with Gasteiger partial charge in [-0.05, 0) is 19.3 Å². The third-order valence-electron chi connectivity index (χ3n) is 9.99. The van der Waals surface area contributed by atoms with Gasteiger partial charge in [0.1, 0.15) is 0 Å². The number of hydrogen-bond donors (Lipinski definition) is 0. The molecule has 0 aromatic carbocycles. The molecule has 282 valence electrons. The Bertz CT molecular complexity index is 727. The van der Waals surface area contributed by atoms with Gasteiger partial charge in [-0.1, -0.05) is 238 Å². The minimum Gasteiger partial charge on any atom is -0.726 e. The summed E-state index contributed by atoms with van der Waals surface area (Å²) in [6.45, 7) is 4.55. The standard InChI is InChI=1S/C42H84O4S.K/c1-3-5-7-9-11-13-15-17-19-21-22-23-24-26-28-30-32-34-36-38-40-42(41-46-47(43,44)45)39-37-35-33-31-29-27-25-20-18-16-14-12-10-8-6-4-2;/h38,40,42H,3-37,39,41H2,1-2H3,(H,43,44,45);/q;+1/p-1/b40-38+;. The van der Waals surface area contributed by atoms with Crippen LogP contribution in [-0.2, 0) is 14.6 Å². The van der Waals surface area contributed by atoms with Gasteiger partial charge in [-0.15, -0.1) is 0 Å². The molecule has 0 saturated carbocycles. The Morgan fingerprint density at radius 3 is 1.02 bits per heavy atom. The molecule has 1 unspecified atom stereocenters. The van der Waals surface area contributed by atoms with E-state index < -0.39 is 10.4 Å². The van der Waals surface area contributed by atoms with Crippen molar-refractivity contribution in [3.8, 4) is 0 Å². The third-order valence-corrected chi connectivity index (χ3v) is 10.4. The monoisotopic (exact) mass is 723 g/mol. The molecule has 6 heteroatoms. The van der Waals surface area contributed by atoms with Crippen molar-refractivity contribution in [3.63, 3.8) is 0 Å². The van der Waals surface area contributed by atoms with Gasteiger partial charge in [0.15, 0.2) is 0 Å². The maximum Gasteiger partial charge on any atom is 1.00 e. The van der Waals surface area contributed by atoms with Crippen LogP contribution in [0.1, 0.15) is 245 Å². The zero-order valence-electron chi connectivity index (χ0n) is 32.9. The van der Waals surface area contributed by atoms with Crippen LogP contribution in [0.25, 0.3) is 0 Å². The predicted octanol–water partition coefficient (Wildman–Crippen LogP) is 11.7. The maximum absolute atomic E-state index is 11.0. The van der Waals surface area contributed by atoms with E-state index in [9.17, 15) is 13.0 Å². The Morgan fingerprint density at radius 2 is 0.729 bits per heavy atom. The summed E-state index contributed by atoms with van der Waals surface area (Å²) in [5.41, 5.74) is 0. The topological polar surface area (TPSA) is 66.4 Å². The molecule has 0 saturated heterocycles. The quantitative estimate of drug-likeness (QED) is 0.0208. The van der Waals surface area contributed by atoms with E-state index in [4.69, 9.17) is 0 Å². The van der Waals surface area contributed by atoms with Crippen molar-refractivity contribution in [1.29, 1.82) is 0 Å². The van der Waals surface area contributed by atoms with Crippen molar-refractivity contribution >= 4 is 10.4 Å². The van der Waals surface area contributed by atoms with Crippen molar-refractivity contribution < 1.29 is 68.5 Å². The molecule has 0 rings (SSSR count). The Hall–Kier alpha value is 1.25. The van der Waals surface area contributed by atoms with Gasteiger partial charge in [-0.2, -0.15) is 0 Å². The summed E-state index contributed by atoms with van der Waals surface area (Å²) in [5.74, 6) is 0.0147. The van der Waals surface area contributed by atoms with Crippen LogP contribution in [0.3, 0.4) is 0 Å². The molecule has 0 amide bonds. The molecule has 0 N–H and O–H groups in total. The van der Waals surface area contributed by atoms with Crippen LogP contribution in [0.4, 0.5) is 0 Å². The van der Waals surface area contributed by atoms with E-state index in [1.54, 1.807) is 0 Å². The van der Waals surface area contributed by atoms with Crippen molar-refractivity contribution in [2.24, 2.45) is 5.92 Å². The largest absolute Gasteiger partial charge is 1.00 e. The Labute approximate surface area is 345 Å². The average Bonchev–Trinajstić information content (AvgIpc) is 3.05. The van der Waals surface area contributed by atoms with Gasteiger partial charge in [0, 0.05) is 5.92 Å². The van der Waals surface area contributed by atoms with E-state index in [1.807, 2.05) is 0 Å². The van der Waals surface area contributed by atoms with E-state index in [2.05, 4.69) is 30.2 Å². The van der Waals surface area contributed by atoms with Crippen molar-refractivity contribution in [3.05, 3.63) is 12.2 Å². The van der Waals surface area contributed by atoms with Crippen LogP contribution >= 0.6 is 0 Å². The van der Waals surface area contributed by atoms with Crippen LogP contribution in [-0.4, -0.2) is 19.6 Å². The molecule has 0 heterocycles. The third kappa shape index (κ3) is 45.3. The van der Waals surface area contributed by atoms with Crippen molar-refractivity contribution in [2.45, 2.75) is 245 Å². The zero-order valence-corrected chi connectivity index (χ0v) is 36.9. The summed E-state index contributed by atoms with van der Waals surface area (Å²) in [7, 11) is -4.63. The Kier molecular flexibility index (Phi) is 45.6. The summed E-state index contributed by atoms with van der Waals surface area (Å²) in [4.78, 5) is 0. The van der Waals surface area contributed by atoms with Gasteiger partial charge in [0.05, 0.1) is 6.61 Å². The average molecular weight is 723 g/mol. The van der Waals surface area contributed by atoms with Crippen LogP contribution in [0.5, 0.6) is 0 Å². The molecule has 0 aliphatic rings. The fraction of sp³-hybridized carbons (Fsp3) is 0.952. The van der Waals surface area contributed by atoms with E-state index in [-0.39, 0.29) is 63.9 Å². The molecule has 0 fully saturated rings. The molecule has 0 aromatic heterocycles. The summed E-state index contributed by atoms with van der Waals surface area (Å²) in [6.07, 6.45) is 52.6. The van der Waals surface area contributed by atoms with Gasteiger partial charge in [-0.3, -0.25) is 4.18 Å². The van der Waals surface area contributed by atoms with E-state index in [1.165, 1.54) is 212 Å². The van der Waals surface area contributed by atoms with Crippen LogP contribution in [0, 0.1) is 5.92 Å². The number of hydrogen-bond acceptors (Lipinski definition) is 4. The number of unbranched alkanes of at least 4 members (excludes halogenated alkanes) is 33. The van der Waals surface area contributed by atoms with Crippen LogP contribution < -0.4 is 51.4 Å². The second-order valence-electron chi connectivity index (χ2n) is 14.8. The molecular formula is C42H83KO4S. The van der Waals surface area contributed by atoms with E-state index in [0.717, 1.165) is 19.3 Å². The first kappa shape index (κ1) is 51.4. The molecule has 0 aromatic rings. The normalized spacial score (nSPS) is 12.6. The minimum absolute atomic E-state index is 0. The van der Waals surface area contributed by atoms with Gasteiger partial charge >= 0.3 is 51.4 Å². The first-order valence-corrected chi connectivity index (χ1v) is 22.6. The zero-order chi connectivity index (χ0) is 34.4. The SMILES string of the molecule is CCCCCCCCCCCCCCCCCCCC/C=C/C(CCCCCCCCCCCCCCCCCC)COS(=O)(=O)[O-].[K+]. The van der Waals surface area contributed by atoms with Crippen LogP contribution in [0.2, 0.25) is 0 Å². The first-order valence-electron chi connectivity index (χ1n) is 21.3. The molecule has 0 aliphatic heterocycles. The number of rotatable bonds is 40. The molecule has 0 aliphatic carbocycles. The fourth-order valence-electron chi connectivity index (χ4n) is 6.81. The molecule has 4 nitrogen and oxygen atoms in total. The first-order chi connectivity index (χ1) is 23.0. The molecule has 0 spiro atoms. The molecular weight excluding hydrogens is 640 g/mol. The second-order valence-corrected chi connectivity index (χ2v) is 15.8. The van der Waals surface area contributed by atoms with Crippen molar-refractivity contribution in [1.82, 2.24) is 0 Å². The molecule has 0 radical (unpaired) electrons. The maximum atomic E-state index is 11.0. The van der Waals surface area contributed by atoms with Gasteiger partial charge in [0.25, 0.3) is 0 Å². The number of allylic oxidation sites excluding steroid dienone is 1. The molecule has 0 bridgehead atoms. The van der Waals surface area contributed by atoms with E-state index in [0.29, 0.717) is 0 Å².